The van der Waals surface area contributed by atoms with Crippen LogP contribution in [0.5, 0.6) is 0 Å². The van der Waals surface area contributed by atoms with Gasteiger partial charge in [-0.3, -0.25) is 4.79 Å². The van der Waals surface area contributed by atoms with Crippen LogP contribution in [0.1, 0.15) is 6.42 Å². The van der Waals surface area contributed by atoms with E-state index in [1.54, 1.807) is 18.2 Å². The SMILES string of the molecule is CN(C)c1cccc2c(S(=O)(=O)NCCCOC(=O)C(N)CS)cccc12. The van der Waals surface area contributed by atoms with Crippen molar-refractivity contribution in [1.29, 1.82) is 0 Å². The summed E-state index contributed by atoms with van der Waals surface area (Å²) in [6, 6.07) is 9.99. The smallest absolute Gasteiger partial charge is 0.323 e. The van der Waals surface area contributed by atoms with Gasteiger partial charge < -0.3 is 15.4 Å². The maximum absolute atomic E-state index is 12.7. The van der Waals surface area contributed by atoms with Crippen LogP contribution >= 0.6 is 12.6 Å². The van der Waals surface area contributed by atoms with E-state index in [2.05, 4.69) is 17.4 Å². The van der Waals surface area contributed by atoms with Gasteiger partial charge in [0.1, 0.15) is 6.04 Å². The lowest BCUT2D eigenvalue weighted by Gasteiger charge is -2.17. The first-order valence-electron chi connectivity index (χ1n) is 8.49. The molecule has 2 rings (SSSR count). The molecule has 0 saturated heterocycles. The summed E-state index contributed by atoms with van der Waals surface area (Å²) in [6.07, 6.45) is 0.345. The molecule has 0 aromatic heterocycles. The van der Waals surface area contributed by atoms with Crippen LogP contribution in [-0.2, 0) is 19.6 Å². The summed E-state index contributed by atoms with van der Waals surface area (Å²) in [5, 5.41) is 1.52. The second kappa shape index (κ2) is 9.41. The predicted octanol–water partition coefficient (Wildman–Crippen LogP) is 1.37. The molecule has 2 aromatic rings. The van der Waals surface area contributed by atoms with E-state index in [0.29, 0.717) is 11.8 Å². The van der Waals surface area contributed by atoms with Gasteiger partial charge in [0.15, 0.2) is 0 Å². The lowest BCUT2D eigenvalue weighted by atomic mass is 10.1. The summed E-state index contributed by atoms with van der Waals surface area (Å²) >= 11 is 3.93. The van der Waals surface area contributed by atoms with Gasteiger partial charge >= 0.3 is 5.97 Å². The molecule has 0 aliphatic carbocycles. The summed E-state index contributed by atoms with van der Waals surface area (Å²) in [5.41, 5.74) is 6.44. The Bertz CT molecular complexity index is 901. The number of hydrogen-bond acceptors (Lipinski definition) is 7. The first-order valence-corrected chi connectivity index (χ1v) is 10.6. The second-order valence-electron chi connectivity index (χ2n) is 6.23. The van der Waals surface area contributed by atoms with E-state index in [-0.39, 0.29) is 23.8 Å². The van der Waals surface area contributed by atoms with Gasteiger partial charge in [-0.25, -0.2) is 13.1 Å². The number of carbonyl (C=O) groups is 1. The maximum atomic E-state index is 12.7. The standard InChI is InChI=1S/C18H25N3O4S2/c1-21(2)16-8-3-7-14-13(16)6-4-9-17(14)27(23,24)20-10-5-11-25-18(22)15(19)12-26/h3-4,6-9,15,20,26H,5,10-12,19H2,1-2H3. The minimum atomic E-state index is -3.70. The zero-order chi connectivity index (χ0) is 20.0. The van der Waals surface area contributed by atoms with Crippen LogP contribution in [-0.4, -0.2) is 53.4 Å². The molecule has 9 heteroatoms. The van der Waals surface area contributed by atoms with Crippen molar-refractivity contribution in [2.45, 2.75) is 17.4 Å². The number of esters is 1. The lowest BCUT2D eigenvalue weighted by molar-refractivity contribution is -0.144. The number of ether oxygens (including phenoxy) is 1. The number of fused-ring (bicyclic) bond motifs is 1. The van der Waals surface area contributed by atoms with Crippen molar-refractivity contribution in [3.8, 4) is 0 Å². The van der Waals surface area contributed by atoms with E-state index in [1.807, 2.05) is 37.2 Å². The number of carbonyl (C=O) groups excluding carboxylic acids is 1. The topological polar surface area (TPSA) is 102 Å². The number of benzene rings is 2. The fraction of sp³-hybridized carbons (Fsp3) is 0.389. The van der Waals surface area contributed by atoms with E-state index >= 15 is 0 Å². The number of sulfonamides is 1. The molecular weight excluding hydrogens is 386 g/mol. The van der Waals surface area contributed by atoms with Gasteiger partial charge in [0.2, 0.25) is 10.0 Å². The summed E-state index contributed by atoms with van der Waals surface area (Å²) < 4.78 is 33.0. The Morgan fingerprint density at radius 2 is 1.89 bits per heavy atom. The van der Waals surface area contributed by atoms with Gasteiger partial charge in [0, 0.05) is 42.9 Å². The van der Waals surface area contributed by atoms with Crippen LogP contribution in [0.3, 0.4) is 0 Å². The van der Waals surface area contributed by atoms with Gasteiger partial charge in [0.05, 0.1) is 11.5 Å². The third-order valence-corrected chi connectivity index (χ3v) is 5.90. The van der Waals surface area contributed by atoms with Gasteiger partial charge in [-0.15, -0.1) is 0 Å². The summed E-state index contributed by atoms with van der Waals surface area (Å²) in [4.78, 5) is 13.6. The van der Waals surface area contributed by atoms with Gasteiger partial charge in [0.25, 0.3) is 0 Å². The molecule has 0 fully saturated rings. The van der Waals surface area contributed by atoms with Gasteiger partial charge in [-0.05, 0) is 18.6 Å². The number of rotatable bonds is 9. The van der Waals surface area contributed by atoms with E-state index in [0.717, 1.165) is 11.1 Å². The average Bonchev–Trinajstić information content (AvgIpc) is 2.65. The molecule has 0 heterocycles. The number of anilines is 1. The Labute approximate surface area is 165 Å². The largest absolute Gasteiger partial charge is 0.464 e. The van der Waals surface area contributed by atoms with Crippen molar-refractivity contribution >= 4 is 45.1 Å². The maximum Gasteiger partial charge on any atom is 0.323 e. The fourth-order valence-corrected chi connectivity index (χ4v) is 4.04. The highest BCUT2D eigenvalue weighted by atomic mass is 32.2. The number of nitrogens with zero attached hydrogens (tertiary/aromatic N) is 1. The Morgan fingerprint density at radius 1 is 1.22 bits per heavy atom. The number of thiol groups is 1. The Balaban J connectivity index is 2.07. The van der Waals surface area contributed by atoms with Gasteiger partial charge in [-0.1, -0.05) is 24.3 Å². The Morgan fingerprint density at radius 3 is 2.56 bits per heavy atom. The van der Waals surface area contributed by atoms with E-state index in [4.69, 9.17) is 10.5 Å². The normalized spacial score (nSPS) is 12.7. The highest BCUT2D eigenvalue weighted by molar-refractivity contribution is 7.89. The lowest BCUT2D eigenvalue weighted by Crippen LogP contribution is -2.34. The van der Waals surface area contributed by atoms with Gasteiger partial charge in [-0.2, -0.15) is 12.6 Å². The number of nitrogens with two attached hydrogens (primary N) is 1. The Hall–Kier alpha value is -1.81. The van der Waals surface area contributed by atoms with Crippen LogP contribution in [0.15, 0.2) is 41.3 Å². The molecular formula is C18H25N3O4S2. The van der Waals surface area contributed by atoms with Crippen LogP contribution < -0.4 is 15.4 Å². The minimum absolute atomic E-state index is 0.0865. The molecule has 7 nitrogen and oxygen atoms in total. The average molecular weight is 412 g/mol. The molecule has 0 saturated carbocycles. The van der Waals surface area contributed by atoms with Crippen LogP contribution in [0.25, 0.3) is 10.8 Å². The number of nitrogens with one attached hydrogen (secondary N) is 1. The van der Waals surface area contributed by atoms with Crippen molar-refractivity contribution in [1.82, 2.24) is 4.72 Å². The highest BCUT2D eigenvalue weighted by Crippen LogP contribution is 2.29. The molecule has 2 aromatic carbocycles. The molecule has 3 N–H and O–H groups in total. The fourth-order valence-electron chi connectivity index (χ4n) is 2.60. The zero-order valence-electron chi connectivity index (χ0n) is 15.4. The molecule has 0 spiro atoms. The predicted molar refractivity (Wildman–Crippen MR) is 111 cm³/mol. The van der Waals surface area contributed by atoms with Crippen molar-refractivity contribution in [2.24, 2.45) is 5.73 Å². The summed E-state index contributed by atoms with van der Waals surface area (Å²) in [6.45, 7) is 0.235. The van der Waals surface area contributed by atoms with Crippen molar-refractivity contribution in [2.75, 3.05) is 37.9 Å². The van der Waals surface area contributed by atoms with Crippen LogP contribution in [0, 0.1) is 0 Å². The monoisotopic (exact) mass is 411 g/mol. The van der Waals surface area contributed by atoms with Crippen LogP contribution in [0.4, 0.5) is 5.69 Å². The first kappa shape index (κ1) is 21.5. The third-order valence-electron chi connectivity index (χ3n) is 3.99. The molecule has 148 valence electrons. The zero-order valence-corrected chi connectivity index (χ0v) is 17.1. The molecule has 27 heavy (non-hydrogen) atoms. The highest BCUT2D eigenvalue weighted by Gasteiger charge is 2.18. The van der Waals surface area contributed by atoms with E-state index in [1.165, 1.54) is 0 Å². The first-order chi connectivity index (χ1) is 12.8. The Kier molecular flexibility index (Phi) is 7.49. The van der Waals surface area contributed by atoms with E-state index < -0.39 is 22.0 Å². The van der Waals surface area contributed by atoms with Crippen molar-refractivity contribution in [3.05, 3.63) is 36.4 Å². The molecule has 1 unspecified atom stereocenters. The summed E-state index contributed by atoms with van der Waals surface area (Å²) in [5.74, 6) is -0.347. The number of hydrogen-bond donors (Lipinski definition) is 3. The summed E-state index contributed by atoms with van der Waals surface area (Å²) in [7, 11) is 0.127. The minimum Gasteiger partial charge on any atom is -0.464 e. The van der Waals surface area contributed by atoms with Crippen molar-refractivity contribution in [3.63, 3.8) is 0 Å². The molecule has 0 aliphatic heterocycles. The molecule has 0 aliphatic rings. The third kappa shape index (κ3) is 5.35. The van der Waals surface area contributed by atoms with E-state index in [9.17, 15) is 13.2 Å². The molecule has 0 bridgehead atoms. The van der Waals surface area contributed by atoms with Crippen molar-refractivity contribution < 1.29 is 17.9 Å². The van der Waals surface area contributed by atoms with Crippen LogP contribution in [0.2, 0.25) is 0 Å². The quantitative estimate of drug-likeness (QED) is 0.327. The molecule has 1 atom stereocenters. The molecule has 0 amide bonds. The second-order valence-corrected chi connectivity index (χ2v) is 8.33. The molecule has 0 radical (unpaired) electrons.